The summed E-state index contributed by atoms with van der Waals surface area (Å²) in [6.45, 7) is -0.100. The van der Waals surface area contributed by atoms with Crippen LogP contribution in [0.2, 0.25) is 0 Å². The molecule has 290 valence electrons. The second-order valence-corrected chi connectivity index (χ2v) is 19.2. The van der Waals surface area contributed by atoms with E-state index >= 15 is 0 Å². The van der Waals surface area contributed by atoms with Crippen molar-refractivity contribution in [2.75, 3.05) is 9.80 Å². The van der Waals surface area contributed by atoms with Crippen LogP contribution in [0.5, 0.6) is 23.0 Å². The SMILES string of the molecule is c1ccc(N2c3cc4c(cc3B3c5c2cccc5N(c2ccccc2)c2cc5c6c(c23)Oc2ccccc2B6c2ccccc2S5)B2c3ccccc3Sc3cccc(c32)O4)cc1. The molecule has 0 saturated carbocycles. The molecule has 63 heavy (non-hydrogen) atoms. The van der Waals surface area contributed by atoms with Crippen LogP contribution in [0.1, 0.15) is 0 Å². The number of nitrogens with zero attached hydrogens (tertiary/aromatic N) is 2. The van der Waals surface area contributed by atoms with Crippen LogP contribution < -0.4 is 68.4 Å². The second kappa shape index (κ2) is 12.8. The van der Waals surface area contributed by atoms with Gasteiger partial charge in [-0.25, -0.2) is 0 Å². The molecule has 0 N–H and O–H groups in total. The van der Waals surface area contributed by atoms with Crippen molar-refractivity contribution in [3.05, 3.63) is 188 Å². The molecule has 0 radical (unpaired) electrons. The van der Waals surface area contributed by atoms with Crippen LogP contribution in [0.25, 0.3) is 0 Å². The first-order valence-corrected chi connectivity index (χ1v) is 23.2. The van der Waals surface area contributed by atoms with Crippen molar-refractivity contribution in [1.82, 2.24) is 0 Å². The number of anilines is 6. The Balaban J connectivity index is 1.07. The largest absolute Gasteiger partial charge is 0.459 e. The summed E-state index contributed by atoms with van der Waals surface area (Å²) >= 11 is 3.72. The topological polar surface area (TPSA) is 24.9 Å². The van der Waals surface area contributed by atoms with Crippen LogP contribution in [-0.2, 0) is 0 Å². The molecule has 6 aliphatic heterocycles. The number of fused-ring (bicyclic) bond motifs is 13. The Bertz CT molecular complexity index is 3450. The van der Waals surface area contributed by atoms with Crippen LogP contribution >= 0.6 is 23.5 Å². The molecule has 0 aromatic heterocycles. The average Bonchev–Trinajstić information content (AvgIpc) is 3.33. The van der Waals surface area contributed by atoms with Gasteiger partial charge in [-0.1, -0.05) is 144 Å². The molecule has 9 aromatic rings. The van der Waals surface area contributed by atoms with Crippen LogP contribution in [0, 0.1) is 0 Å². The molecule has 4 nitrogen and oxygen atoms in total. The predicted molar refractivity (Wildman–Crippen MR) is 264 cm³/mol. The third-order valence-corrected chi connectivity index (χ3v) is 16.2. The highest BCUT2D eigenvalue weighted by Gasteiger charge is 2.50. The third-order valence-electron chi connectivity index (χ3n) is 13.9. The number of rotatable bonds is 2. The van der Waals surface area contributed by atoms with Gasteiger partial charge in [0.2, 0.25) is 0 Å². The van der Waals surface area contributed by atoms with Gasteiger partial charge in [0.15, 0.2) is 0 Å². The average molecular weight is 836 g/mol. The normalized spacial score (nSPS) is 14.6. The lowest BCUT2D eigenvalue weighted by Gasteiger charge is -2.46. The lowest BCUT2D eigenvalue weighted by atomic mass is 9.29. The summed E-state index contributed by atoms with van der Waals surface area (Å²) in [6, 6.07) is 69.0. The summed E-state index contributed by atoms with van der Waals surface area (Å²) in [7, 11) is 0. The summed E-state index contributed by atoms with van der Waals surface area (Å²) < 4.78 is 14.5. The minimum Gasteiger partial charge on any atom is -0.459 e. The van der Waals surface area contributed by atoms with Gasteiger partial charge in [0.25, 0.3) is 20.1 Å². The van der Waals surface area contributed by atoms with Gasteiger partial charge in [0, 0.05) is 59.8 Å². The smallest absolute Gasteiger partial charge is 0.256 e. The monoisotopic (exact) mass is 836 g/mol. The maximum Gasteiger partial charge on any atom is 0.256 e. The molecule has 15 rings (SSSR count). The number of benzene rings is 9. The number of ether oxygens (including phenoxy) is 2. The Morgan fingerprint density at radius 2 is 0.889 bits per heavy atom. The molecule has 0 spiro atoms. The molecule has 9 aromatic carbocycles. The van der Waals surface area contributed by atoms with Gasteiger partial charge in [-0.2, -0.15) is 0 Å². The van der Waals surface area contributed by atoms with E-state index in [1.807, 2.05) is 23.5 Å². The summed E-state index contributed by atoms with van der Waals surface area (Å²) in [6.07, 6.45) is 0. The maximum atomic E-state index is 7.45. The number of hydrogen-bond donors (Lipinski definition) is 0. The Morgan fingerprint density at radius 3 is 1.62 bits per heavy atom. The highest BCUT2D eigenvalue weighted by molar-refractivity contribution is 8.00. The first-order chi connectivity index (χ1) is 31.3. The van der Waals surface area contributed by atoms with E-state index in [9.17, 15) is 0 Å². The van der Waals surface area contributed by atoms with Crippen LogP contribution in [0.4, 0.5) is 34.1 Å². The number of hydrogen-bond acceptors (Lipinski definition) is 6. The summed E-state index contributed by atoms with van der Waals surface area (Å²) in [5.74, 6) is 3.73. The minimum atomic E-state index is -0.162. The molecule has 0 aliphatic carbocycles. The van der Waals surface area contributed by atoms with Crippen LogP contribution in [-0.4, -0.2) is 20.1 Å². The quantitative estimate of drug-likeness (QED) is 0.164. The predicted octanol–water partition coefficient (Wildman–Crippen LogP) is 7.94. The van der Waals surface area contributed by atoms with E-state index in [-0.39, 0.29) is 20.1 Å². The van der Waals surface area contributed by atoms with Crippen molar-refractivity contribution in [3.63, 3.8) is 0 Å². The van der Waals surface area contributed by atoms with Gasteiger partial charge in [-0.05, 0) is 111 Å². The third kappa shape index (κ3) is 4.68. The van der Waals surface area contributed by atoms with Crippen LogP contribution in [0.3, 0.4) is 0 Å². The van der Waals surface area contributed by atoms with Gasteiger partial charge in [0.1, 0.15) is 23.0 Å². The Morgan fingerprint density at radius 1 is 0.317 bits per heavy atom. The zero-order valence-electron chi connectivity index (χ0n) is 33.7. The van der Waals surface area contributed by atoms with Crippen molar-refractivity contribution in [1.29, 1.82) is 0 Å². The lowest BCUT2D eigenvalue weighted by molar-refractivity contribution is 0.486. The Labute approximate surface area is 374 Å². The van der Waals surface area contributed by atoms with Crippen LogP contribution in [0.15, 0.2) is 208 Å². The lowest BCUT2D eigenvalue weighted by Crippen LogP contribution is -2.66. The molecular formula is C54H31B3N2O2S2. The van der Waals surface area contributed by atoms with Crippen molar-refractivity contribution < 1.29 is 9.47 Å². The fraction of sp³-hybridized carbons (Fsp3) is 0. The molecular weight excluding hydrogens is 805 g/mol. The summed E-state index contributed by atoms with van der Waals surface area (Å²) in [5.41, 5.74) is 18.1. The van der Waals surface area contributed by atoms with E-state index in [4.69, 9.17) is 9.47 Å². The van der Waals surface area contributed by atoms with Gasteiger partial charge < -0.3 is 19.3 Å². The number of para-hydroxylation sites is 3. The summed E-state index contributed by atoms with van der Waals surface area (Å²) in [5, 5.41) is 0. The van der Waals surface area contributed by atoms with Crippen molar-refractivity contribution in [2.45, 2.75) is 19.6 Å². The zero-order chi connectivity index (χ0) is 40.9. The van der Waals surface area contributed by atoms with Crippen molar-refractivity contribution in [3.8, 4) is 23.0 Å². The standard InChI is InChI=1S/C54H31B3N2O2S2/c1-3-15-32(16-4-1)58-39-22-13-23-40-50(39)57(37-29-38-45(30-41(37)58)60-44-25-14-28-48-52(44)56(38)36-21-9-11-26-46(36)62-48)51-42(59(40)33-17-5-2-6-18-33)31-49-53-54(51)61-43-24-10-7-19-34(43)55(53)35-20-8-12-27-47(35)63-49/h1-31H. The fourth-order valence-corrected chi connectivity index (χ4v) is 13.8. The van der Waals surface area contributed by atoms with E-state index < -0.39 is 0 Å². The molecule has 6 heterocycles. The van der Waals surface area contributed by atoms with E-state index in [0.717, 1.165) is 51.4 Å². The first-order valence-electron chi connectivity index (χ1n) is 21.6. The molecule has 9 heteroatoms. The highest BCUT2D eigenvalue weighted by atomic mass is 32.2. The molecule has 0 atom stereocenters. The summed E-state index contributed by atoms with van der Waals surface area (Å²) in [4.78, 5) is 10.0. The molecule has 0 saturated heterocycles. The Hall–Kier alpha value is -6.93. The highest BCUT2D eigenvalue weighted by Crippen LogP contribution is 2.49. The van der Waals surface area contributed by atoms with Crippen molar-refractivity contribution >= 4 is 127 Å². The second-order valence-electron chi connectivity index (χ2n) is 17.0. The van der Waals surface area contributed by atoms with E-state index in [2.05, 4.69) is 198 Å². The molecule has 0 fully saturated rings. The maximum absolute atomic E-state index is 7.45. The van der Waals surface area contributed by atoms with Crippen molar-refractivity contribution in [2.24, 2.45) is 0 Å². The first kappa shape index (κ1) is 34.6. The van der Waals surface area contributed by atoms with Gasteiger partial charge in [0.05, 0.1) is 0 Å². The van der Waals surface area contributed by atoms with Gasteiger partial charge >= 0.3 is 0 Å². The Kier molecular flexibility index (Phi) is 7.05. The molecule has 0 unspecified atom stereocenters. The van der Waals surface area contributed by atoms with E-state index in [0.29, 0.717) is 0 Å². The van der Waals surface area contributed by atoms with Gasteiger partial charge in [-0.15, -0.1) is 0 Å². The molecule has 0 amide bonds. The zero-order valence-corrected chi connectivity index (χ0v) is 35.3. The minimum absolute atomic E-state index is 0.0238. The van der Waals surface area contributed by atoms with E-state index in [1.54, 1.807) is 0 Å². The molecule has 6 aliphatic rings. The van der Waals surface area contributed by atoms with Gasteiger partial charge in [-0.3, -0.25) is 0 Å². The molecule has 0 bridgehead atoms. The van der Waals surface area contributed by atoms with E-state index in [1.165, 1.54) is 74.4 Å². The fourth-order valence-electron chi connectivity index (χ4n) is 11.4.